The summed E-state index contributed by atoms with van der Waals surface area (Å²) < 4.78 is 14.2. The summed E-state index contributed by atoms with van der Waals surface area (Å²) in [5.41, 5.74) is 0. The molecule has 0 aromatic heterocycles. The second kappa shape index (κ2) is 8.61. The molecule has 0 aromatic rings. The monoisotopic (exact) mass is 244 g/mol. The first-order chi connectivity index (χ1) is 8.01. The molecule has 98 valence electrons. The van der Waals surface area contributed by atoms with Gasteiger partial charge >= 0.3 is 12.1 Å². The zero-order valence-electron chi connectivity index (χ0n) is 10.7. The number of methoxy groups -OCH3 is 1. The summed E-state index contributed by atoms with van der Waals surface area (Å²) in [6.07, 6.45) is 2.03. The summed E-state index contributed by atoms with van der Waals surface area (Å²) in [6, 6.07) is 0. The van der Waals surface area contributed by atoms with E-state index in [4.69, 9.17) is 9.47 Å². The molecule has 0 spiro atoms. The lowest BCUT2D eigenvalue weighted by molar-refractivity contribution is -0.138. The van der Waals surface area contributed by atoms with Gasteiger partial charge in [-0.2, -0.15) is 0 Å². The van der Waals surface area contributed by atoms with Crippen LogP contribution < -0.4 is 0 Å². The highest BCUT2D eigenvalue weighted by Crippen LogP contribution is 2.16. The average molecular weight is 244 g/mol. The first-order valence-corrected chi connectivity index (χ1v) is 5.63. The Morgan fingerprint density at radius 1 is 1.29 bits per heavy atom. The lowest BCUT2D eigenvalue weighted by Gasteiger charge is -2.18. The van der Waals surface area contributed by atoms with E-state index in [1.54, 1.807) is 0 Å². The number of ether oxygens (including phenoxy) is 3. The fraction of sp³-hybridized carbons (Fsp3) is 0.667. The molecule has 5 heteroatoms. The normalized spacial score (nSPS) is 11.5. The Morgan fingerprint density at radius 3 is 2.41 bits per heavy atom. The van der Waals surface area contributed by atoms with Crippen molar-refractivity contribution in [3.63, 3.8) is 0 Å². The molecule has 0 radical (unpaired) electrons. The second-order valence-corrected chi connectivity index (χ2v) is 3.62. The van der Waals surface area contributed by atoms with Crippen LogP contribution in [-0.4, -0.2) is 25.3 Å². The Hall–Kier alpha value is -1.52. The van der Waals surface area contributed by atoms with Gasteiger partial charge < -0.3 is 14.2 Å². The van der Waals surface area contributed by atoms with Gasteiger partial charge in [0.2, 0.25) is 0 Å². The maximum Gasteiger partial charge on any atom is 0.508 e. The number of hydrogen-bond acceptors (Lipinski definition) is 5. The van der Waals surface area contributed by atoms with E-state index in [9.17, 15) is 9.59 Å². The molecule has 0 heterocycles. The molecule has 0 aliphatic rings. The number of esters is 1. The Kier molecular flexibility index (Phi) is 7.84. The molecule has 0 rings (SSSR count). The minimum Gasteiger partial charge on any atom is -0.438 e. The van der Waals surface area contributed by atoms with E-state index in [-0.39, 0.29) is 5.76 Å². The van der Waals surface area contributed by atoms with Crippen LogP contribution in [0.5, 0.6) is 0 Å². The third-order valence-corrected chi connectivity index (χ3v) is 2.11. The van der Waals surface area contributed by atoms with E-state index in [0.29, 0.717) is 6.42 Å². The van der Waals surface area contributed by atoms with Gasteiger partial charge in [0.15, 0.2) is 6.10 Å². The van der Waals surface area contributed by atoms with Crippen molar-refractivity contribution in [1.82, 2.24) is 0 Å². The van der Waals surface area contributed by atoms with E-state index in [1.165, 1.54) is 14.0 Å². The van der Waals surface area contributed by atoms with Crippen LogP contribution in [0, 0.1) is 0 Å². The quantitative estimate of drug-likeness (QED) is 0.391. The fourth-order valence-electron chi connectivity index (χ4n) is 1.28. The van der Waals surface area contributed by atoms with Crippen LogP contribution >= 0.6 is 0 Å². The highest BCUT2D eigenvalue weighted by atomic mass is 16.7. The Labute approximate surface area is 102 Å². The summed E-state index contributed by atoms with van der Waals surface area (Å²) in [5, 5.41) is 0. The van der Waals surface area contributed by atoms with Crippen molar-refractivity contribution in [2.75, 3.05) is 7.11 Å². The molecule has 0 saturated heterocycles. The number of carbonyl (C=O) groups excluding carboxylic acids is 2. The molecule has 0 aliphatic heterocycles. The minimum atomic E-state index is -0.806. The largest absolute Gasteiger partial charge is 0.508 e. The molecule has 0 aliphatic carbocycles. The van der Waals surface area contributed by atoms with Crippen molar-refractivity contribution in [1.29, 1.82) is 0 Å². The molecular formula is C12H20O5. The van der Waals surface area contributed by atoms with Crippen molar-refractivity contribution in [2.45, 2.75) is 45.6 Å². The summed E-state index contributed by atoms with van der Waals surface area (Å²) in [4.78, 5) is 21.8. The maximum atomic E-state index is 11.0. The maximum absolute atomic E-state index is 11.0. The van der Waals surface area contributed by atoms with Crippen LogP contribution in [0.2, 0.25) is 0 Å². The first kappa shape index (κ1) is 15.5. The highest BCUT2D eigenvalue weighted by molar-refractivity contribution is 5.67. The molecule has 0 fully saturated rings. The number of rotatable bonds is 7. The molecule has 0 amide bonds. The van der Waals surface area contributed by atoms with Gasteiger partial charge in [0.25, 0.3) is 0 Å². The van der Waals surface area contributed by atoms with E-state index in [1.807, 2.05) is 0 Å². The molecule has 0 N–H and O–H groups in total. The van der Waals surface area contributed by atoms with Crippen molar-refractivity contribution in [2.24, 2.45) is 0 Å². The molecule has 17 heavy (non-hydrogen) atoms. The van der Waals surface area contributed by atoms with Gasteiger partial charge in [-0.1, -0.05) is 26.3 Å². The van der Waals surface area contributed by atoms with Gasteiger partial charge in [0.1, 0.15) is 5.76 Å². The van der Waals surface area contributed by atoms with E-state index in [2.05, 4.69) is 18.2 Å². The van der Waals surface area contributed by atoms with Gasteiger partial charge in [0, 0.05) is 6.92 Å². The van der Waals surface area contributed by atoms with E-state index in [0.717, 1.165) is 19.3 Å². The molecular weight excluding hydrogens is 224 g/mol. The van der Waals surface area contributed by atoms with Crippen LogP contribution in [0.3, 0.4) is 0 Å². The zero-order valence-corrected chi connectivity index (χ0v) is 10.7. The molecule has 1 unspecified atom stereocenters. The minimum absolute atomic E-state index is 0.138. The number of unbranched alkanes of at least 4 members (excludes halogenated alkanes) is 2. The fourth-order valence-corrected chi connectivity index (χ4v) is 1.28. The molecule has 1 atom stereocenters. The highest BCUT2D eigenvalue weighted by Gasteiger charge is 2.20. The summed E-state index contributed by atoms with van der Waals surface area (Å²) in [7, 11) is 1.22. The Morgan fingerprint density at radius 2 is 1.94 bits per heavy atom. The summed E-state index contributed by atoms with van der Waals surface area (Å²) in [6.45, 7) is 6.92. The van der Waals surface area contributed by atoms with E-state index < -0.39 is 18.2 Å². The van der Waals surface area contributed by atoms with Crippen LogP contribution in [-0.2, 0) is 19.0 Å². The topological polar surface area (TPSA) is 61.8 Å². The SMILES string of the molecule is C=C(OC(C)=O)C(CCCCC)OC(=O)OC. The predicted molar refractivity (Wildman–Crippen MR) is 62.3 cm³/mol. The Balaban J connectivity index is 4.32. The van der Waals surface area contributed by atoms with Crippen LogP contribution in [0.25, 0.3) is 0 Å². The number of carbonyl (C=O) groups is 2. The summed E-state index contributed by atoms with van der Waals surface area (Å²) >= 11 is 0. The average Bonchev–Trinajstić information content (AvgIpc) is 2.26. The van der Waals surface area contributed by atoms with Crippen LogP contribution in [0.4, 0.5) is 4.79 Å². The third-order valence-electron chi connectivity index (χ3n) is 2.11. The number of hydrogen-bond donors (Lipinski definition) is 0. The van der Waals surface area contributed by atoms with Crippen LogP contribution in [0.15, 0.2) is 12.3 Å². The van der Waals surface area contributed by atoms with Gasteiger partial charge in [-0.25, -0.2) is 4.79 Å². The van der Waals surface area contributed by atoms with Crippen molar-refractivity contribution >= 4 is 12.1 Å². The molecule has 0 saturated carbocycles. The zero-order chi connectivity index (χ0) is 13.3. The van der Waals surface area contributed by atoms with Crippen molar-refractivity contribution in [3.8, 4) is 0 Å². The van der Waals surface area contributed by atoms with Gasteiger partial charge in [-0.15, -0.1) is 0 Å². The predicted octanol–water partition coefficient (Wildman–Crippen LogP) is 2.80. The second-order valence-electron chi connectivity index (χ2n) is 3.62. The Bertz CT molecular complexity index is 272. The smallest absolute Gasteiger partial charge is 0.438 e. The third kappa shape index (κ3) is 7.38. The standard InChI is InChI=1S/C12H20O5/c1-5-6-7-8-11(17-12(14)15-4)9(2)16-10(3)13/h11H,2,5-8H2,1,3-4H3. The summed E-state index contributed by atoms with van der Waals surface area (Å²) in [5.74, 6) is -0.344. The molecule has 0 aromatic carbocycles. The van der Waals surface area contributed by atoms with Crippen molar-refractivity contribution in [3.05, 3.63) is 12.3 Å². The van der Waals surface area contributed by atoms with Gasteiger partial charge in [0.05, 0.1) is 7.11 Å². The lowest BCUT2D eigenvalue weighted by Crippen LogP contribution is -2.22. The van der Waals surface area contributed by atoms with Gasteiger partial charge in [-0.05, 0) is 12.8 Å². The van der Waals surface area contributed by atoms with Crippen LogP contribution in [0.1, 0.15) is 39.5 Å². The molecule has 0 bridgehead atoms. The lowest BCUT2D eigenvalue weighted by atomic mass is 10.1. The molecule has 5 nitrogen and oxygen atoms in total. The first-order valence-electron chi connectivity index (χ1n) is 5.63. The van der Waals surface area contributed by atoms with Gasteiger partial charge in [-0.3, -0.25) is 4.79 Å². The van der Waals surface area contributed by atoms with E-state index >= 15 is 0 Å². The van der Waals surface area contributed by atoms with Crippen molar-refractivity contribution < 1.29 is 23.8 Å².